The van der Waals surface area contributed by atoms with Gasteiger partial charge in [-0.25, -0.2) is 9.98 Å². The molecule has 0 bridgehead atoms. The van der Waals surface area contributed by atoms with E-state index in [1.54, 1.807) is 0 Å². The van der Waals surface area contributed by atoms with Gasteiger partial charge >= 0.3 is 0 Å². The predicted octanol–water partition coefficient (Wildman–Crippen LogP) is 4.73. The maximum atomic E-state index is 6.36. The van der Waals surface area contributed by atoms with Gasteiger partial charge in [0.15, 0.2) is 11.5 Å². The number of aryl methyl sites for hydroxylation is 2. The van der Waals surface area contributed by atoms with Crippen molar-refractivity contribution in [2.45, 2.75) is 33.4 Å². The highest BCUT2D eigenvalue weighted by atomic mass is 35.5. The number of benzene rings is 2. The van der Waals surface area contributed by atoms with Crippen LogP contribution in [0.25, 0.3) is 11.0 Å². The number of hydrogen-bond acceptors (Lipinski definition) is 3. The molecule has 2 aromatic carbocycles. The van der Waals surface area contributed by atoms with Crippen molar-refractivity contribution in [1.29, 1.82) is 0 Å². The SMILES string of the molecule is Cc1ccc2c(ncn2C2=NC(C)(C)Oc3c(Cl)cccc32)c1C. The molecule has 4 nitrogen and oxygen atoms in total. The van der Waals surface area contributed by atoms with Crippen LogP contribution in [-0.2, 0) is 0 Å². The van der Waals surface area contributed by atoms with Gasteiger partial charge in [-0.3, -0.25) is 4.57 Å². The maximum absolute atomic E-state index is 6.36. The first-order chi connectivity index (χ1) is 11.4. The molecule has 2 heterocycles. The summed E-state index contributed by atoms with van der Waals surface area (Å²) in [5, 5.41) is 0.587. The lowest BCUT2D eigenvalue weighted by atomic mass is 10.1. The first-order valence-electron chi connectivity index (χ1n) is 7.89. The molecule has 4 rings (SSSR count). The summed E-state index contributed by atoms with van der Waals surface area (Å²) in [6.07, 6.45) is 1.82. The number of imidazole rings is 1. The Bertz CT molecular complexity index is 1000. The smallest absolute Gasteiger partial charge is 0.197 e. The van der Waals surface area contributed by atoms with E-state index in [0.29, 0.717) is 10.8 Å². The molecule has 5 heteroatoms. The minimum absolute atomic E-state index is 0.587. The summed E-state index contributed by atoms with van der Waals surface area (Å²) in [5.74, 6) is 1.47. The van der Waals surface area contributed by atoms with Crippen LogP contribution in [0.15, 0.2) is 41.7 Å². The van der Waals surface area contributed by atoms with Crippen LogP contribution in [0.5, 0.6) is 5.75 Å². The van der Waals surface area contributed by atoms with Gasteiger partial charge in [0.25, 0.3) is 0 Å². The van der Waals surface area contributed by atoms with Crippen molar-refractivity contribution >= 4 is 28.5 Å². The third-order valence-corrected chi connectivity index (χ3v) is 4.70. The molecule has 0 fully saturated rings. The van der Waals surface area contributed by atoms with Crippen LogP contribution < -0.4 is 4.74 Å². The first-order valence-corrected chi connectivity index (χ1v) is 8.26. The fourth-order valence-electron chi connectivity index (χ4n) is 3.05. The van der Waals surface area contributed by atoms with E-state index < -0.39 is 5.72 Å². The Morgan fingerprint density at radius 3 is 2.71 bits per heavy atom. The lowest BCUT2D eigenvalue weighted by Crippen LogP contribution is -2.34. The standard InChI is InChI=1S/C19H18ClN3O/c1-11-8-9-15-16(12(11)2)21-10-23(15)18-13-6-5-7-14(20)17(13)24-19(3,4)22-18/h5-10H,1-4H3. The van der Waals surface area contributed by atoms with Gasteiger partial charge in [-0.2, -0.15) is 0 Å². The van der Waals surface area contributed by atoms with Gasteiger partial charge in [0.05, 0.1) is 21.6 Å². The highest BCUT2D eigenvalue weighted by Crippen LogP contribution is 2.37. The summed E-state index contributed by atoms with van der Waals surface area (Å²) >= 11 is 6.36. The Kier molecular flexibility index (Phi) is 3.22. The van der Waals surface area contributed by atoms with Gasteiger partial charge in [0.2, 0.25) is 0 Å². The molecule has 122 valence electrons. The summed E-state index contributed by atoms with van der Waals surface area (Å²) in [5.41, 5.74) is 4.62. The summed E-state index contributed by atoms with van der Waals surface area (Å²) in [6, 6.07) is 9.91. The molecule has 24 heavy (non-hydrogen) atoms. The van der Waals surface area contributed by atoms with E-state index in [1.807, 2.05) is 42.9 Å². The van der Waals surface area contributed by atoms with Crippen molar-refractivity contribution < 1.29 is 4.74 Å². The van der Waals surface area contributed by atoms with E-state index in [0.717, 1.165) is 22.4 Å². The van der Waals surface area contributed by atoms with Crippen LogP contribution in [0.2, 0.25) is 5.02 Å². The Labute approximate surface area is 145 Å². The number of ether oxygens (including phenoxy) is 1. The van der Waals surface area contributed by atoms with E-state index in [-0.39, 0.29) is 0 Å². The monoisotopic (exact) mass is 339 g/mol. The largest absolute Gasteiger partial charge is 0.464 e. The third-order valence-electron chi connectivity index (χ3n) is 4.41. The van der Waals surface area contributed by atoms with E-state index in [4.69, 9.17) is 21.3 Å². The van der Waals surface area contributed by atoms with Gasteiger partial charge < -0.3 is 4.74 Å². The fraction of sp³-hybridized carbons (Fsp3) is 0.263. The lowest BCUT2D eigenvalue weighted by molar-refractivity contribution is 0.115. The normalized spacial score (nSPS) is 15.8. The molecule has 0 atom stereocenters. The van der Waals surface area contributed by atoms with Gasteiger partial charge in [-0.1, -0.05) is 23.7 Å². The molecule has 0 saturated heterocycles. The minimum atomic E-state index is -0.691. The van der Waals surface area contributed by atoms with Crippen LogP contribution in [0, 0.1) is 13.8 Å². The van der Waals surface area contributed by atoms with Gasteiger partial charge in [0, 0.05) is 0 Å². The number of hydrogen-bond donors (Lipinski definition) is 0. The van der Waals surface area contributed by atoms with Crippen molar-refractivity contribution in [1.82, 2.24) is 9.55 Å². The molecule has 1 aliphatic rings. The molecule has 3 aromatic rings. The second kappa shape index (κ2) is 5.08. The second-order valence-corrected chi connectivity index (χ2v) is 7.00. The summed E-state index contributed by atoms with van der Waals surface area (Å²) in [7, 11) is 0. The molecule has 0 unspecified atom stereocenters. The number of halogens is 1. The summed E-state index contributed by atoms with van der Waals surface area (Å²) < 4.78 is 8.00. The molecule has 0 saturated carbocycles. The fourth-order valence-corrected chi connectivity index (χ4v) is 3.26. The van der Waals surface area contributed by atoms with Gasteiger partial charge in [-0.15, -0.1) is 0 Å². The van der Waals surface area contributed by atoms with Gasteiger partial charge in [-0.05, 0) is 57.0 Å². The van der Waals surface area contributed by atoms with E-state index in [1.165, 1.54) is 11.1 Å². The van der Waals surface area contributed by atoms with Crippen LogP contribution in [-0.4, -0.2) is 21.1 Å². The molecule has 1 aliphatic heterocycles. The van der Waals surface area contributed by atoms with Gasteiger partial charge in [0.1, 0.15) is 12.2 Å². The van der Waals surface area contributed by atoms with Crippen LogP contribution in [0.1, 0.15) is 30.5 Å². The molecule has 0 spiro atoms. The van der Waals surface area contributed by atoms with E-state index >= 15 is 0 Å². The molecule has 0 radical (unpaired) electrons. The van der Waals surface area contributed by atoms with Crippen molar-refractivity contribution in [2.24, 2.45) is 4.99 Å². The van der Waals surface area contributed by atoms with Crippen LogP contribution >= 0.6 is 11.6 Å². The third kappa shape index (κ3) is 2.21. The van der Waals surface area contributed by atoms with Crippen molar-refractivity contribution in [2.75, 3.05) is 0 Å². The average Bonchev–Trinajstić information content (AvgIpc) is 2.95. The first kappa shape index (κ1) is 15.2. The zero-order valence-electron chi connectivity index (χ0n) is 14.1. The van der Waals surface area contributed by atoms with Crippen molar-refractivity contribution in [3.63, 3.8) is 0 Å². The topological polar surface area (TPSA) is 39.4 Å². The number of aliphatic imine (C=N–C) groups is 1. The Morgan fingerprint density at radius 1 is 1.12 bits per heavy atom. The Hall–Kier alpha value is -2.33. The zero-order chi connectivity index (χ0) is 17.1. The molecule has 0 N–H and O–H groups in total. The quantitative estimate of drug-likeness (QED) is 0.594. The Morgan fingerprint density at radius 2 is 1.92 bits per heavy atom. The molecule has 0 amide bonds. The molecule has 0 aliphatic carbocycles. The van der Waals surface area contributed by atoms with E-state index in [2.05, 4.69) is 31.0 Å². The summed E-state index contributed by atoms with van der Waals surface area (Å²) in [6.45, 7) is 8.04. The molecule has 1 aromatic heterocycles. The zero-order valence-corrected chi connectivity index (χ0v) is 14.8. The molecular weight excluding hydrogens is 322 g/mol. The highest BCUT2D eigenvalue weighted by molar-refractivity contribution is 6.33. The number of rotatable bonds is 0. The highest BCUT2D eigenvalue weighted by Gasteiger charge is 2.31. The Balaban J connectivity index is 2.01. The predicted molar refractivity (Wildman–Crippen MR) is 97.3 cm³/mol. The number of fused-ring (bicyclic) bond motifs is 2. The number of aromatic nitrogens is 2. The number of para-hydroxylation sites is 1. The van der Waals surface area contributed by atoms with Crippen LogP contribution in [0.4, 0.5) is 0 Å². The van der Waals surface area contributed by atoms with Crippen molar-refractivity contribution in [3.05, 3.63) is 58.4 Å². The van der Waals surface area contributed by atoms with E-state index in [9.17, 15) is 0 Å². The van der Waals surface area contributed by atoms with Crippen molar-refractivity contribution in [3.8, 4) is 5.75 Å². The number of nitrogens with zero attached hydrogens (tertiary/aromatic N) is 3. The second-order valence-electron chi connectivity index (χ2n) is 6.59. The maximum Gasteiger partial charge on any atom is 0.197 e. The lowest BCUT2D eigenvalue weighted by Gasteiger charge is -2.30. The average molecular weight is 340 g/mol. The van der Waals surface area contributed by atoms with Crippen LogP contribution in [0.3, 0.4) is 0 Å². The minimum Gasteiger partial charge on any atom is -0.464 e. The summed E-state index contributed by atoms with van der Waals surface area (Å²) in [4.78, 5) is 9.41. The molecular formula is C19H18ClN3O.